The van der Waals surface area contributed by atoms with E-state index in [0.717, 1.165) is 5.56 Å². The van der Waals surface area contributed by atoms with Crippen LogP contribution < -0.4 is 10.1 Å². The molecule has 0 radical (unpaired) electrons. The highest BCUT2D eigenvalue weighted by atomic mass is 35.5. The molecule has 0 aliphatic heterocycles. The van der Waals surface area contributed by atoms with E-state index in [1.54, 1.807) is 6.07 Å². The van der Waals surface area contributed by atoms with E-state index in [1.807, 2.05) is 30.3 Å². The number of benzene rings is 3. The Morgan fingerprint density at radius 3 is 2.40 bits per heavy atom. The summed E-state index contributed by atoms with van der Waals surface area (Å²) in [6.45, 7) is 0.261. The summed E-state index contributed by atoms with van der Waals surface area (Å²) in [6.07, 6.45) is -4.74. The van der Waals surface area contributed by atoms with Crippen molar-refractivity contribution in [2.24, 2.45) is 0 Å². The Balaban J connectivity index is 1.59. The van der Waals surface area contributed by atoms with Crippen molar-refractivity contribution < 1.29 is 22.3 Å². The molecule has 154 valence electrons. The highest BCUT2D eigenvalue weighted by Gasteiger charge is 2.30. The zero-order valence-electron chi connectivity index (χ0n) is 15.2. The topological polar surface area (TPSA) is 49.9 Å². The zero-order valence-corrected chi connectivity index (χ0v) is 16.0. The molecule has 0 aliphatic rings. The van der Waals surface area contributed by atoms with Crippen molar-refractivity contribution in [3.63, 3.8) is 0 Å². The monoisotopic (exact) mass is 435 g/mol. The lowest BCUT2D eigenvalue weighted by atomic mass is 10.0. The first-order valence-corrected chi connectivity index (χ1v) is 9.19. The maximum atomic E-state index is 14.8. The van der Waals surface area contributed by atoms with Crippen LogP contribution in [0, 0.1) is 5.82 Å². The third kappa shape index (κ3) is 4.18. The van der Waals surface area contributed by atoms with Crippen molar-refractivity contribution in [3.05, 3.63) is 77.1 Å². The van der Waals surface area contributed by atoms with Gasteiger partial charge in [-0.05, 0) is 29.3 Å². The molecule has 4 aromatic rings. The van der Waals surface area contributed by atoms with Crippen molar-refractivity contribution in [1.29, 1.82) is 0 Å². The first-order valence-electron chi connectivity index (χ1n) is 8.82. The molecule has 4 nitrogen and oxygen atoms in total. The predicted octanol–water partition coefficient (Wildman–Crippen LogP) is 6.53. The van der Waals surface area contributed by atoms with E-state index in [0.29, 0.717) is 22.3 Å². The first kappa shape index (κ1) is 20.0. The van der Waals surface area contributed by atoms with E-state index in [9.17, 15) is 17.6 Å². The molecule has 0 bridgehead atoms. The van der Waals surface area contributed by atoms with Gasteiger partial charge in [0.2, 0.25) is 0 Å². The molecule has 4 rings (SSSR count). The predicted molar refractivity (Wildman–Crippen MR) is 107 cm³/mol. The summed E-state index contributed by atoms with van der Waals surface area (Å²) in [5.41, 5.74) is 2.14. The highest BCUT2D eigenvalue weighted by molar-refractivity contribution is 6.34. The van der Waals surface area contributed by atoms with Crippen LogP contribution in [0.3, 0.4) is 0 Å². The van der Waals surface area contributed by atoms with Crippen LogP contribution in [0.25, 0.3) is 22.0 Å². The third-order valence-electron chi connectivity index (χ3n) is 4.44. The van der Waals surface area contributed by atoms with Gasteiger partial charge >= 0.3 is 6.36 Å². The van der Waals surface area contributed by atoms with Crippen LogP contribution in [-0.2, 0) is 6.54 Å². The fourth-order valence-corrected chi connectivity index (χ4v) is 3.31. The number of aromatic nitrogens is 2. The number of anilines is 1. The van der Waals surface area contributed by atoms with Crippen LogP contribution in [0.2, 0.25) is 5.02 Å². The number of H-pyrrole nitrogens is 1. The number of aromatic amines is 1. The Morgan fingerprint density at radius 1 is 1.03 bits per heavy atom. The molecule has 0 saturated heterocycles. The largest absolute Gasteiger partial charge is 0.573 e. The van der Waals surface area contributed by atoms with Gasteiger partial charge in [-0.3, -0.25) is 5.10 Å². The second-order valence-corrected chi connectivity index (χ2v) is 6.84. The van der Waals surface area contributed by atoms with Gasteiger partial charge < -0.3 is 10.1 Å². The molecule has 1 aromatic heterocycles. The summed E-state index contributed by atoms with van der Waals surface area (Å²) < 4.78 is 55.4. The number of fused-ring (bicyclic) bond motifs is 1. The second kappa shape index (κ2) is 7.87. The molecular formula is C21H14ClF4N3O. The van der Waals surface area contributed by atoms with Gasteiger partial charge in [0.25, 0.3) is 0 Å². The number of hydrogen-bond donors (Lipinski definition) is 2. The lowest BCUT2D eigenvalue weighted by Crippen LogP contribution is -2.17. The van der Waals surface area contributed by atoms with Gasteiger partial charge in [0.1, 0.15) is 11.3 Å². The fraction of sp³-hybridized carbons (Fsp3) is 0.0952. The van der Waals surface area contributed by atoms with Crippen LogP contribution in [0.15, 0.2) is 60.7 Å². The van der Waals surface area contributed by atoms with Crippen molar-refractivity contribution in [2.45, 2.75) is 12.9 Å². The van der Waals surface area contributed by atoms with Gasteiger partial charge in [-0.15, -0.1) is 13.2 Å². The summed E-state index contributed by atoms with van der Waals surface area (Å²) in [5.74, 6) is -0.517. The molecule has 0 amide bonds. The number of alkyl halides is 3. The third-order valence-corrected chi connectivity index (χ3v) is 4.81. The second-order valence-electron chi connectivity index (χ2n) is 6.46. The fourth-order valence-electron chi connectivity index (χ4n) is 3.05. The Labute approximate surface area is 173 Å². The van der Waals surface area contributed by atoms with E-state index in [2.05, 4.69) is 20.3 Å². The van der Waals surface area contributed by atoms with E-state index in [1.165, 1.54) is 24.3 Å². The number of ether oxygens (including phenoxy) is 1. The summed E-state index contributed by atoms with van der Waals surface area (Å²) in [6, 6.07) is 16.3. The van der Waals surface area contributed by atoms with Crippen molar-refractivity contribution in [1.82, 2.24) is 10.2 Å². The molecule has 2 N–H and O–H groups in total. The molecule has 0 unspecified atom stereocenters. The molecule has 0 aliphatic carbocycles. The summed E-state index contributed by atoms with van der Waals surface area (Å²) in [4.78, 5) is 0. The van der Waals surface area contributed by atoms with Gasteiger partial charge in [-0.1, -0.05) is 54.1 Å². The van der Waals surface area contributed by atoms with E-state index in [-0.39, 0.29) is 22.8 Å². The van der Waals surface area contributed by atoms with Gasteiger partial charge in [0.15, 0.2) is 11.6 Å². The normalized spacial score (nSPS) is 11.6. The van der Waals surface area contributed by atoms with E-state index in [4.69, 9.17) is 11.6 Å². The van der Waals surface area contributed by atoms with Gasteiger partial charge in [0.05, 0.1) is 5.02 Å². The van der Waals surface area contributed by atoms with Crippen LogP contribution >= 0.6 is 11.6 Å². The zero-order chi connectivity index (χ0) is 21.3. The molecule has 30 heavy (non-hydrogen) atoms. The number of hydrogen-bond acceptors (Lipinski definition) is 3. The van der Waals surface area contributed by atoms with Crippen molar-refractivity contribution >= 4 is 28.3 Å². The standard InChI is InChI=1S/C21H14ClF4N3O/c22-17-15(13-4-2-1-3-5-13)10-16-19(18(17)23)28-29-20(16)27-11-12-6-8-14(9-7-12)30-21(24,25)26/h1-10H,11H2,(H2,27,28,29). The van der Waals surface area contributed by atoms with E-state index < -0.39 is 12.2 Å². The van der Waals surface area contributed by atoms with E-state index >= 15 is 0 Å². The summed E-state index contributed by atoms with van der Waals surface area (Å²) >= 11 is 6.21. The van der Waals surface area contributed by atoms with Crippen molar-refractivity contribution in [2.75, 3.05) is 5.32 Å². The smallest absolute Gasteiger partial charge is 0.406 e. The Morgan fingerprint density at radius 2 is 1.73 bits per heavy atom. The molecule has 3 aromatic carbocycles. The molecule has 0 saturated carbocycles. The average Bonchev–Trinajstić information content (AvgIpc) is 3.13. The molecular weight excluding hydrogens is 422 g/mol. The maximum absolute atomic E-state index is 14.8. The minimum Gasteiger partial charge on any atom is -0.406 e. The van der Waals surface area contributed by atoms with Gasteiger partial charge in [-0.2, -0.15) is 5.10 Å². The highest BCUT2D eigenvalue weighted by Crippen LogP contribution is 2.37. The molecule has 0 fully saturated rings. The van der Waals surface area contributed by atoms with Crippen molar-refractivity contribution in [3.8, 4) is 16.9 Å². The molecule has 1 heterocycles. The molecule has 9 heteroatoms. The summed E-state index contributed by atoms with van der Waals surface area (Å²) in [7, 11) is 0. The lowest BCUT2D eigenvalue weighted by molar-refractivity contribution is -0.274. The molecule has 0 atom stereocenters. The number of nitrogens with zero attached hydrogens (tertiary/aromatic N) is 1. The minimum absolute atomic E-state index is 0.0100. The van der Waals surface area contributed by atoms with Crippen LogP contribution in [0.1, 0.15) is 5.56 Å². The quantitative estimate of drug-likeness (QED) is 0.350. The Hall–Kier alpha value is -3.26. The van der Waals surface area contributed by atoms with Crippen LogP contribution in [0.4, 0.5) is 23.4 Å². The summed E-state index contributed by atoms with van der Waals surface area (Å²) in [5, 5.41) is 10.3. The maximum Gasteiger partial charge on any atom is 0.573 e. The molecule has 0 spiro atoms. The lowest BCUT2D eigenvalue weighted by Gasteiger charge is -2.10. The van der Waals surface area contributed by atoms with Gasteiger partial charge in [0, 0.05) is 17.5 Å². The first-order chi connectivity index (χ1) is 14.3. The van der Waals surface area contributed by atoms with Crippen LogP contribution in [0.5, 0.6) is 5.75 Å². The van der Waals surface area contributed by atoms with Gasteiger partial charge in [-0.25, -0.2) is 4.39 Å². The van der Waals surface area contributed by atoms with Crippen LogP contribution in [-0.4, -0.2) is 16.6 Å². The minimum atomic E-state index is -4.74. The number of halogens is 5. The Kier molecular flexibility index (Phi) is 5.26. The number of nitrogens with one attached hydrogen (secondary N) is 2. The number of rotatable bonds is 5. The SMILES string of the molecule is Fc1c(Cl)c(-c2ccccc2)cc2c(NCc3ccc(OC(F)(F)F)cc3)n[nH]c12. The Bertz CT molecular complexity index is 1180. The average molecular weight is 436 g/mol.